The molecule has 3 unspecified atom stereocenters. The summed E-state index contributed by atoms with van der Waals surface area (Å²) in [5.41, 5.74) is 5.76. The van der Waals surface area contributed by atoms with Gasteiger partial charge in [-0.3, -0.25) is 14.4 Å². The SMILES string of the molecule is C=Cc1cccc(C(C(=O)NC(Cc2ccccc2)C(=O)OC(C)(C)C)N(C(=O)C(CCC(N)=O)NC(=O)OC(C)(C)C)C2CC2)c1. The number of hydrogen-bond acceptors (Lipinski definition) is 7. The molecule has 254 valence electrons. The monoisotopic (exact) mass is 648 g/mol. The zero-order valence-corrected chi connectivity index (χ0v) is 28.2. The van der Waals surface area contributed by atoms with Crippen LogP contribution in [0.25, 0.3) is 6.08 Å². The number of ether oxygens (including phenoxy) is 2. The molecule has 2 aromatic rings. The lowest BCUT2D eigenvalue weighted by Crippen LogP contribution is -2.55. The predicted octanol–water partition coefficient (Wildman–Crippen LogP) is 4.59. The van der Waals surface area contributed by atoms with Gasteiger partial charge in [0.15, 0.2) is 0 Å². The molecule has 4 N–H and O–H groups in total. The molecule has 11 nitrogen and oxygen atoms in total. The third-order valence-electron chi connectivity index (χ3n) is 7.14. The number of benzene rings is 2. The Bertz CT molecular complexity index is 1440. The molecule has 1 saturated carbocycles. The molecule has 4 amide bonds. The number of nitrogens with zero attached hydrogens (tertiary/aromatic N) is 1. The summed E-state index contributed by atoms with van der Waals surface area (Å²) in [5, 5.41) is 5.48. The third kappa shape index (κ3) is 11.9. The van der Waals surface area contributed by atoms with Crippen molar-refractivity contribution in [3.05, 3.63) is 77.9 Å². The Balaban J connectivity index is 2.06. The highest BCUT2D eigenvalue weighted by Gasteiger charge is 2.45. The van der Waals surface area contributed by atoms with Gasteiger partial charge in [-0.25, -0.2) is 9.59 Å². The molecular formula is C36H48N4O7. The fraction of sp³-hybridized carbons (Fsp3) is 0.472. The molecule has 0 spiro atoms. The maximum absolute atomic E-state index is 14.5. The van der Waals surface area contributed by atoms with Crippen molar-refractivity contribution < 1.29 is 33.4 Å². The Hall–Kier alpha value is -4.67. The second-order valence-electron chi connectivity index (χ2n) is 13.7. The van der Waals surface area contributed by atoms with Crippen LogP contribution in [-0.2, 0) is 35.1 Å². The maximum atomic E-state index is 14.5. The Morgan fingerprint density at radius 1 is 0.915 bits per heavy atom. The van der Waals surface area contributed by atoms with Gasteiger partial charge in [0, 0.05) is 18.9 Å². The summed E-state index contributed by atoms with van der Waals surface area (Å²) >= 11 is 0. The summed E-state index contributed by atoms with van der Waals surface area (Å²) in [6.45, 7) is 14.1. The van der Waals surface area contributed by atoms with E-state index < -0.39 is 59.1 Å². The van der Waals surface area contributed by atoms with E-state index >= 15 is 0 Å². The zero-order chi connectivity index (χ0) is 34.9. The van der Waals surface area contributed by atoms with Crippen molar-refractivity contribution in [3.63, 3.8) is 0 Å². The molecule has 0 aromatic heterocycles. The molecule has 3 atom stereocenters. The summed E-state index contributed by atoms with van der Waals surface area (Å²) in [6.07, 6.45) is 1.87. The third-order valence-corrected chi connectivity index (χ3v) is 7.14. The van der Waals surface area contributed by atoms with Crippen LogP contribution in [0.3, 0.4) is 0 Å². The average molecular weight is 649 g/mol. The van der Waals surface area contributed by atoms with Gasteiger partial charge in [-0.1, -0.05) is 61.2 Å². The number of esters is 1. The highest BCUT2D eigenvalue weighted by Crippen LogP contribution is 2.36. The van der Waals surface area contributed by atoms with Gasteiger partial charge < -0.3 is 30.7 Å². The van der Waals surface area contributed by atoms with E-state index in [0.29, 0.717) is 24.0 Å². The second kappa shape index (κ2) is 15.8. The number of alkyl carbamates (subject to hydrolysis) is 1. The molecule has 47 heavy (non-hydrogen) atoms. The number of nitrogens with one attached hydrogen (secondary N) is 2. The zero-order valence-electron chi connectivity index (χ0n) is 28.2. The quantitative estimate of drug-likeness (QED) is 0.253. The molecule has 1 aliphatic carbocycles. The van der Waals surface area contributed by atoms with Crippen LogP contribution in [0.2, 0.25) is 0 Å². The van der Waals surface area contributed by atoms with Crippen molar-refractivity contribution in [3.8, 4) is 0 Å². The fourth-order valence-electron chi connectivity index (χ4n) is 5.01. The molecule has 11 heteroatoms. The van der Waals surface area contributed by atoms with Crippen LogP contribution in [0.1, 0.15) is 90.0 Å². The molecule has 2 aromatic carbocycles. The first-order chi connectivity index (χ1) is 22.0. The first-order valence-electron chi connectivity index (χ1n) is 15.9. The lowest BCUT2D eigenvalue weighted by molar-refractivity contribution is -0.159. The highest BCUT2D eigenvalue weighted by molar-refractivity contribution is 5.94. The van der Waals surface area contributed by atoms with Gasteiger partial charge in [-0.2, -0.15) is 0 Å². The van der Waals surface area contributed by atoms with Crippen molar-refractivity contribution >= 4 is 35.9 Å². The summed E-state index contributed by atoms with van der Waals surface area (Å²) in [4.78, 5) is 68.4. The van der Waals surface area contributed by atoms with Crippen LogP contribution in [-0.4, -0.2) is 64.0 Å². The molecule has 0 heterocycles. The van der Waals surface area contributed by atoms with Crippen molar-refractivity contribution in [1.29, 1.82) is 0 Å². The van der Waals surface area contributed by atoms with Gasteiger partial charge in [0.05, 0.1) is 0 Å². The van der Waals surface area contributed by atoms with E-state index in [9.17, 15) is 24.0 Å². The van der Waals surface area contributed by atoms with Gasteiger partial charge in [-0.15, -0.1) is 0 Å². The minimum absolute atomic E-state index is 0.105. The minimum atomic E-state index is -1.22. The number of amides is 4. The van der Waals surface area contributed by atoms with Gasteiger partial charge in [0.2, 0.25) is 17.7 Å². The lowest BCUT2D eigenvalue weighted by Gasteiger charge is -2.35. The number of nitrogens with two attached hydrogens (primary N) is 1. The van der Waals surface area contributed by atoms with Gasteiger partial charge in [0.25, 0.3) is 0 Å². The molecule has 0 bridgehead atoms. The van der Waals surface area contributed by atoms with Crippen molar-refractivity contribution in [1.82, 2.24) is 15.5 Å². The molecule has 0 aliphatic heterocycles. The Labute approximate surface area is 277 Å². The number of rotatable bonds is 14. The smallest absolute Gasteiger partial charge is 0.408 e. The standard InChI is InChI=1S/C36H48N4O7/c1-8-23-15-12-16-25(21-23)30(31(42)38-28(33(44)46-35(2,3)4)22-24-13-10-9-11-14-24)40(26-17-18-26)32(43)27(19-20-29(37)41)39-34(45)47-36(5,6)7/h8-16,21,26-28,30H,1,17-20,22H2,2-7H3,(H2,37,41)(H,38,42)(H,39,45). The molecule has 1 aliphatic rings. The van der Waals surface area contributed by atoms with Crippen molar-refractivity contribution in [2.45, 2.75) is 109 Å². The number of carbonyl (C=O) groups is 5. The average Bonchev–Trinajstić information content (AvgIpc) is 3.81. The number of primary amides is 1. The van der Waals surface area contributed by atoms with Crippen LogP contribution >= 0.6 is 0 Å². The van der Waals surface area contributed by atoms with Gasteiger partial charge >= 0.3 is 12.1 Å². The molecule has 0 saturated heterocycles. The largest absolute Gasteiger partial charge is 0.458 e. The summed E-state index contributed by atoms with van der Waals surface area (Å²) in [5.74, 6) is -2.46. The first-order valence-corrected chi connectivity index (χ1v) is 15.9. The lowest BCUT2D eigenvalue weighted by atomic mass is 9.98. The van der Waals surface area contributed by atoms with E-state index in [-0.39, 0.29) is 25.3 Å². The van der Waals surface area contributed by atoms with Crippen LogP contribution in [0.4, 0.5) is 4.79 Å². The molecule has 3 rings (SSSR count). The van der Waals surface area contributed by atoms with Crippen LogP contribution in [0, 0.1) is 0 Å². The highest BCUT2D eigenvalue weighted by atomic mass is 16.6. The number of carbonyl (C=O) groups excluding carboxylic acids is 5. The Morgan fingerprint density at radius 2 is 1.55 bits per heavy atom. The van der Waals surface area contributed by atoms with Crippen LogP contribution < -0.4 is 16.4 Å². The van der Waals surface area contributed by atoms with Gasteiger partial charge in [-0.05, 0) is 83.6 Å². The van der Waals surface area contributed by atoms with E-state index in [1.807, 2.05) is 36.4 Å². The molecular weight excluding hydrogens is 600 g/mol. The molecule has 0 radical (unpaired) electrons. The Morgan fingerprint density at radius 3 is 2.11 bits per heavy atom. The minimum Gasteiger partial charge on any atom is -0.458 e. The van der Waals surface area contributed by atoms with E-state index in [1.54, 1.807) is 65.8 Å². The topological polar surface area (TPSA) is 157 Å². The molecule has 1 fully saturated rings. The Kier molecular flexibility index (Phi) is 12.3. The first kappa shape index (κ1) is 36.8. The van der Waals surface area contributed by atoms with Gasteiger partial charge in [0.1, 0.15) is 29.3 Å². The summed E-state index contributed by atoms with van der Waals surface area (Å²) < 4.78 is 11.1. The number of hydrogen-bond donors (Lipinski definition) is 3. The van der Waals surface area contributed by atoms with E-state index in [2.05, 4.69) is 17.2 Å². The van der Waals surface area contributed by atoms with Crippen LogP contribution in [0.15, 0.2) is 61.2 Å². The maximum Gasteiger partial charge on any atom is 0.408 e. The summed E-state index contributed by atoms with van der Waals surface area (Å²) in [6, 6.07) is 12.4. The second-order valence-corrected chi connectivity index (χ2v) is 13.7. The van der Waals surface area contributed by atoms with Crippen molar-refractivity contribution in [2.24, 2.45) is 5.73 Å². The van der Waals surface area contributed by atoms with Crippen LogP contribution in [0.5, 0.6) is 0 Å². The predicted molar refractivity (Wildman–Crippen MR) is 179 cm³/mol. The summed E-state index contributed by atoms with van der Waals surface area (Å²) in [7, 11) is 0. The van der Waals surface area contributed by atoms with E-state index in [1.165, 1.54) is 4.90 Å². The van der Waals surface area contributed by atoms with E-state index in [4.69, 9.17) is 15.2 Å². The van der Waals surface area contributed by atoms with Crippen molar-refractivity contribution in [2.75, 3.05) is 0 Å². The van der Waals surface area contributed by atoms with E-state index in [0.717, 1.165) is 5.56 Å². The normalized spacial score (nSPS) is 14.9. The fourth-order valence-corrected chi connectivity index (χ4v) is 5.01.